The van der Waals surface area contributed by atoms with Gasteiger partial charge in [-0.25, -0.2) is 10.1 Å². The largest absolute Gasteiger partial charge is 0.463 e. The van der Waals surface area contributed by atoms with Crippen molar-refractivity contribution in [2.45, 2.75) is 13.8 Å². The van der Waals surface area contributed by atoms with E-state index < -0.39 is 0 Å². The van der Waals surface area contributed by atoms with Crippen molar-refractivity contribution in [2.24, 2.45) is 5.10 Å². The average Bonchev–Trinajstić information content (AvgIpc) is 3.44. The van der Waals surface area contributed by atoms with Gasteiger partial charge in [0.15, 0.2) is 5.76 Å². The molecule has 2 aromatic carbocycles. The second kappa shape index (κ2) is 9.13. The summed E-state index contributed by atoms with van der Waals surface area (Å²) < 4.78 is 7.26. The number of aryl methyl sites for hydroxylation is 2. The third-order valence-electron chi connectivity index (χ3n) is 4.73. The highest BCUT2D eigenvalue weighted by Gasteiger charge is 2.13. The SMILES string of the molecule is Cc1ccc(NCC(=O)N/N=C\c2cn(-c3ccccc3)nc2-c2ccco2)c(C)c1. The summed E-state index contributed by atoms with van der Waals surface area (Å²) in [6.45, 7) is 4.16. The number of hydrogen-bond acceptors (Lipinski definition) is 5. The zero-order valence-corrected chi connectivity index (χ0v) is 17.4. The Kier molecular flexibility index (Phi) is 5.93. The Morgan fingerprint density at radius 1 is 1.13 bits per heavy atom. The molecule has 0 aliphatic carbocycles. The van der Waals surface area contributed by atoms with E-state index in [1.165, 1.54) is 5.56 Å². The van der Waals surface area contributed by atoms with Gasteiger partial charge in [-0.1, -0.05) is 35.9 Å². The van der Waals surface area contributed by atoms with Crippen molar-refractivity contribution in [3.05, 3.63) is 89.8 Å². The predicted octanol–water partition coefficient (Wildman–Crippen LogP) is 4.31. The first-order valence-corrected chi connectivity index (χ1v) is 9.92. The number of nitrogens with zero attached hydrogens (tertiary/aromatic N) is 3. The van der Waals surface area contributed by atoms with Crippen LogP contribution in [-0.4, -0.2) is 28.4 Å². The van der Waals surface area contributed by atoms with Crippen LogP contribution >= 0.6 is 0 Å². The van der Waals surface area contributed by atoms with E-state index >= 15 is 0 Å². The molecule has 0 saturated heterocycles. The summed E-state index contributed by atoms with van der Waals surface area (Å²) in [5, 5.41) is 11.9. The van der Waals surface area contributed by atoms with E-state index in [9.17, 15) is 4.79 Å². The first-order valence-electron chi connectivity index (χ1n) is 9.92. The van der Waals surface area contributed by atoms with Crippen LogP contribution in [0.4, 0.5) is 5.69 Å². The highest BCUT2D eigenvalue weighted by atomic mass is 16.3. The molecule has 0 bridgehead atoms. The molecular weight excluding hydrogens is 390 g/mol. The monoisotopic (exact) mass is 413 g/mol. The molecule has 7 heteroatoms. The van der Waals surface area contributed by atoms with Gasteiger partial charge in [0.25, 0.3) is 5.91 Å². The lowest BCUT2D eigenvalue weighted by Crippen LogP contribution is -2.26. The van der Waals surface area contributed by atoms with Crippen LogP contribution in [0.1, 0.15) is 16.7 Å². The van der Waals surface area contributed by atoms with Gasteiger partial charge >= 0.3 is 0 Å². The molecule has 0 radical (unpaired) electrons. The van der Waals surface area contributed by atoms with E-state index in [1.54, 1.807) is 23.2 Å². The van der Waals surface area contributed by atoms with E-state index in [1.807, 2.05) is 68.6 Å². The van der Waals surface area contributed by atoms with E-state index in [-0.39, 0.29) is 12.5 Å². The third-order valence-corrected chi connectivity index (χ3v) is 4.73. The van der Waals surface area contributed by atoms with Gasteiger partial charge in [0.1, 0.15) is 5.69 Å². The zero-order chi connectivity index (χ0) is 21.6. The van der Waals surface area contributed by atoms with Crippen molar-refractivity contribution < 1.29 is 9.21 Å². The Balaban J connectivity index is 1.45. The molecule has 0 atom stereocenters. The number of anilines is 1. The maximum absolute atomic E-state index is 12.2. The molecule has 31 heavy (non-hydrogen) atoms. The van der Waals surface area contributed by atoms with Crippen LogP contribution in [0.25, 0.3) is 17.1 Å². The molecule has 0 aliphatic rings. The number of aromatic nitrogens is 2. The highest BCUT2D eigenvalue weighted by molar-refractivity contribution is 5.89. The molecule has 2 heterocycles. The van der Waals surface area contributed by atoms with Crippen LogP contribution in [-0.2, 0) is 4.79 Å². The first kappa shape index (κ1) is 20.2. The number of rotatable bonds is 7. The lowest BCUT2D eigenvalue weighted by molar-refractivity contribution is -0.119. The number of carbonyl (C=O) groups excluding carboxylic acids is 1. The van der Waals surface area contributed by atoms with Crippen molar-refractivity contribution in [1.29, 1.82) is 0 Å². The van der Waals surface area contributed by atoms with E-state index in [0.717, 1.165) is 22.5 Å². The van der Waals surface area contributed by atoms with Crippen LogP contribution < -0.4 is 10.7 Å². The fraction of sp³-hybridized carbons (Fsp3) is 0.125. The maximum Gasteiger partial charge on any atom is 0.259 e. The third kappa shape index (κ3) is 4.90. The fourth-order valence-electron chi connectivity index (χ4n) is 3.20. The second-order valence-electron chi connectivity index (χ2n) is 7.16. The standard InChI is InChI=1S/C24H23N5O2/c1-17-10-11-21(18(2)13-17)25-15-23(30)27-26-14-19-16-29(20-7-4-3-5-8-20)28-24(19)22-9-6-12-31-22/h3-14,16,25H,15H2,1-2H3,(H,27,30)/b26-14-. The molecule has 1 amide bonds. The number of amides is 1. The van der Waals surface area contributed by atoms with Crippen molar-refractivity contribution in [3.8, 4) is 17.1 Å². The van der Waals surface area contributed by atoms with Gasteiger partial charge in [0.2, 0.25) is 0 Å². The van der Waals surface area contributed by atoms with Gasteiger partial charge in [-0.2, -0.15) is 10.2 Å². The van der Waals surface area contributed by atoms with Gasteiger partial charge in [0.05, 0.1) is 24.7 Å². The summed E-state index contributed by atoms with van der Waals surface area (Å²) in [7, 11) is 0. The minimum absolute atomic E-state index is 0.121. The van der Waals surface area contributed by atoms with Crippen LogP contribution in [0.2, 0.25) is 0 Å². The summed E-state index contributed by atoms with van der Waals surface area (Å²) in [4.78, 5) is 12.2. The quantitative estimate of drug-likeness (QED) is 0.349. The normalized spacial score (nSPS) is 11.0. The van der Waals surface area contributed by atoms with Gasteiger partial charge < -0.3 is 9.73 Å². The molecular formula is C24H23N5O2. The predicted molar refractivity (Wildman–Crippen MR) is 121 cm³/mol. The van der Waals surface area contributed by atoms with Gasteiger partial charge in [-0.15, -0.1) is 0 Å². The number of para-hydroxylation sites is 1. The lowest BCUT2D eigenvalue weighted by Gasteiger charge is -2.09. The molecule has 0 fully saturated rings. The summed E-state index contributed by atoms with van der Waals surface area (Å²) in [5.74, 6) is 0.380. The van der Waals surface area contributed by atoms with Crippen molar-refractivity contribution >= 4 is 17.8 Å². The van der Waals surface area contributed by atoms with Crippen molar-refractivity contribution in [1.82, 2.24) is 15.2 Å². The average molecular weight is 413 g/mol. The molecule has 4 aromatic rings. The Labute approximate surface area is 180 Å². The van der Waals surface area contributed by atoms with E-state index in [2.05, 4.69) is 27.0 Å². The second-order valence-corrected chi connectivity index (χ2v) is 7.16. The number of nitrogens with one attached hydrogen (secondary N) is 2. The summed E-state index contributed by atoms with van der Waals surface area (Å²) >= 11 is 0. The van der Waals surface area contributed by atoms with Crippen molar-refractivity contribution in [3.63, 3.8) is 0 Å². The topological polar surface area (TPSA) is 84.5 Å². The lowest BCUT2D eigenvalue weighted by atomic mass is 10.1. The highest BCUT2D eigenvalue weighted by Crippen LogP contribution is 2.23. The Bertz CT molecular complexity index is 1190. The minimum atomic E-state index is -0.244. The van der Waals surface area contributed by atoms with Crippen LogP contribution in [0.3, 0.4) is 0 Å². The first-order chi connectivity index (χ1) is 15.1. The zero-order valence-electron chi connectivity index (χ0n) is 17.4. The molecule has 2 aromatic heterocycles. The molecule has 0 saturated carbocycles. The van der Waals surface area contributed by atoms with Crippen LogP contribution in [0.15, 0.2) is 82.6 Å². The maximum atomic E-state index is 12.2. The Hall–Kier alpha value is -4.13. The molecule has 0 unspecified atom stereocenters. The smallest absolute Gasteiger partial charge is 0.259 e. The summed E-state index contributed by atoms with van der Waals surface area (Å²) in [5.41, 5.74) is 8.03. The van der Waals surface area contributed by atoms with Gasteiger partial charge in [0, 0.05) is 17.4 Å². The van der Waals surface area contributed by atoms with E-state index in [4.69, 9.17) is 4.42 Å². The molecule has 156 valence electrons. The fourth-order valence-corrected chi connectivity index (χ4v) is 3.20. The summed E-state index contributed by atoms with van der Waals surface area (Å²) in [6, 6.07) is 19.4. The molecule has 4 rings (SSSR count). The van der Waals surface area contributed by atoms with E-state index in [0.29, 0.717) is 11.5 Å². The number of benzene rings is 2. The Morgan fingerprint density at radius 2 is 1.97 bits per heavy atom. The van der Waals surface area contributed by atoms with Crippen LogP contribution in [0, 0.1) is 13.8 Å². The van der Waals surface area contributed by atoms with Gasteiger partial charge in [-0.3, -0.25) is 4.79 Å². The van der Waals surface area contributed by atoms with Crippen molar-refractivity contribution in [2.75, 3.05) is 11.9 Å². The number of hydrazone groups is 1. The molecule has 0 spiro atoms. The Morgan fingerprint density at radius 3 is 2.71 bits per heavy atom. The number of furan rings is 1. The molecule has 2 N–H and O–H groups in total. The number of hydrogen-bond donors (Lipinski definition) is 2. The molecule has 0 aliphatic heterocycles. The molecule has 7 nitrogen and oxygen atoms in total. The summed E-state index contributed by atoms with van der Waals surface area (Å²) in [6.07, 6.45) is 5.01. The van der Waals surface area contributed by atoms with Gasteiger partial charge in [-0.05, 0) is 49.7 Å². The minimum Gasteiger partial charge on any atom is -0.463 e. The number of carbonyl (C=O) groups is 1. The van der Waals surface area contributed by atoms with Crippen LogP contribution in [0.5, 0.6) is 0 Å².